The summed E-state index contributed by atoms with van der Waals surface area (Å²) in [5, 5.41) is 4.50. The molecule has 1 spiro atoms. The van der Waals surface area contributed by atoms with Gasteiger partial charge in [0.05, 0.1) is 5.69 Å². The Hall–Kier alpha value is -1.24. The standard InChI is InChI=1S/C14H13BrF3N2O/c15-9-1-2-10-11(7-9)19-8-13(10)3-5-20(6-4-13)12(21)14(16,17)18/h1-2,7H,3-6,8H2. The lowest BCUT2D eigenvalue weighted by Gasteiger charge is -2.39. The van der Waals surface area contributed by atoms with Crippen LogP contribution in [0.3, 0.4) is 0 Å². The third-order valence-electron chi connectivity index (χ3n) is 4.33. The molecular weight excluding hydrogens is 349 g/mol. The second-order valence-corrected chi connectivity index (χ2v) is 6.46. The van der Waals surface area contributed by atoms with Crippen LogP contribution in [0.15, 0.2) is 22.7 Å². The lowest BCUT2D eigenvalue weighted by Crippen LogP contribution is -2.50. The molecule has 2 heterocycles. The lowest BCUT2D eigenvalue weighted by molar-refractivity contribution is -0.186. The van der Waals surface area contributed by atoms with Gasteiger partial charge in [-0.2, -0.15) is 13.2 Å². The molecule has 1 amide bonds. The first-order valence-electron chi connectivity index (χ1n) is 6.65. The molecular formula is C14H13BrF3N2O. The Labute approximate surface area is 128 Å². The summed E-state index contributed by atoms with van der Waals surface area (Å²) in [5.74, 6) is -1.73. The van der Waals surface area contributed by atoms with Crippen LogP contribution in [0.5, 0.6) is 0 Å². The van der Waals surface area contributed by atoms with Gasteiger partial charge in [0.25, 0.3) is 0 Å². The molecule has 21 heavy (non-hydrogen) atoms. The van der Waals surface area contributed by atoms with Crippen LogP contribution >= 0.6 is 15.9 Å². The van der Waals surface area contributed by atoms with E-state index >= 15 is 0 Å². The number of fused-ring (bicyclic) bond motifs is 2. The number of rotatable bonds is 0. The summed E-state index contributed by atoms with van der Waals surface area (Å²) in [6, 6.07) is 5.84. The highest BCUT2D eigenvalue weighted by molar-refractivity contribution is 9.10. The maximum atomic E-state index is 12.5. The minimum absolute atomic E-state index is 0.128. The van der Waals surface area contributed by atoms with Crippen molar-refractivity contribution in [1.82, 2.24) is 10.2 Å². The van der Waals surface area contributed by atoms with E-state index in [2.05, 4.69) is 21.2 Å². The number of hydrogen-bond acceptors (Lipinski definition) is 1. The van der Waals surface area contributed by atoms with Crippen LogP contribution < -0.4 is 5.32 Å². The zero-order chi connectivity index (χ0) is 15.3. The fourth-order valence-electron chi connectivity index (χ4n) is 3.15. The van der Waals surface area contributed by atoms with Crippen molar-refractivity contribution in [3.8, 4) is 0 Å². The first-order valence-corrected chi connectivity index (χ1v) is 7.45. The highest BCUT2D eigenvalue weighted by Crippen LogP contribution is 2.45. The molecule has 2 aliphatic heterocycles. The van der Waals surface area contributed by atoms with Crippen LogP contribution in [-0.2, 0) is 10.2 Å². The summed E-state index contributed by atoms with van der Waals surface area (Å²) in [5.41, 5.74) is 1.78. The number of hydrogen-bond donors (Lipinski definition) is 0. The van der Waals surface area contributed by atoms with Crippen LogP contribution in [0, 0.1) is 0 Å². The van der Waals surface area contributed by atoms with Gasteiger partial charge < -0.3 is 4.90 Å². The average molecular weight is 362 g/mol. The quantitative estimate of drug-likeness (QED) is 0.698. The molecule has 0 atom stereocenters. The Kier molecular flexibility index (Phi) is 3.43. The van der Waals surface area contributed by atoms with Crippen molar-refractivity contribution in [3.05, 3.63) is 28.2 Å². The Bertz CT molecular complexity index is 580. The molecule has 7 heteroatoms. The second-order valence-electron chi connectivity index (χ2n) is 5.55. The molecule has 0 aromatic heterocycles. The fourth-order valence-corrected chi connectivity index (χ4v) is 3.50. The Balaban J connectivity index is 1.77. The van der Waals surface area contributed by atoms with Gasteiger partial charge in [0.1, 0.15) is 0 Å². The van der Waals surface area contributed by atoms with Crippen molar-refractivity contribution in [2.75, 3.05) is 19.6 Å². The maximum Gasteiger partial charge on any atom is 0.471 e. The molecule has 0 N–H and O–H groups in total. The summed E-state index contributed by atoms with van der Waals surface area (Å²) in [7, 11) is 0. The maximum absolute atomic E-state index is 12.5. The van der Waals surface area contributed by atoms with Gasteiger partial charge in [0.15, 0.2) is 0 Å². The van der Waals surface area contributed by atoms with Crippen molar-refractivity contribution in [1.29, 1.82) is 0 Å². The van der Waals surface area contributed by atoms with E-state index in [1.807, 2.05) is 18.2 Å². The van der Waals surface area contributed by atoms with Crippen molar-refractivity contribution in [3.63, 3.8) is 0 Å². The van der Waals surface area contributed by atoms with Crippen molar-refractivity contribution in [2.24, 2.45) is 0 Å². The number of benzene rings is 1. The second kappa shape index (κ2) is 4.90. The minimum atomic E-state index is -4.78. The first-order chi connectivity index (χ1) is 9.82. The summed E-state index contributed by atoms with van der Waals surface area (Å²) in [6.07, 6.45) is -3.74. The van der Waals surface area contributed by atoms with E-state index in [9.17, 15) is 18.0 Å². The SMILES string of the molecule is O=C(N1CCC2(CC1)C[N]c1cc(Br)ccc12)C(F)(F)F. The van der Waals surface area contributed by atoms with Crippen LogP contribution in [0.4, 0.5) is 18.9 Å². The number of likely N-dealkylation sites (tertiary alicyclic amines) is 1. The molecule has 1 aromatic rings. The van der Waals surface area contributed by atoms with E-state index in [1.54, 1.807) is 0 Å². The predicted octanol–water partition coefficient (Wildman–Crippen LogP) is 3.12. The summed E-state index contributed by atoms with van der Waals surface area (Å²) in [4.78, 5) is 12.2. The summed E-state index contributed by atoms with van der Waals surface area (Å²) < 4.78 is 38.3. The monoisotopic (exact) mass is 361 g/mol. The number of carbonyl (C=O) groups excluding carboxylic acids is 1. The number of halogens is 4. The van der Waals surface area contributed by atoms with Crippen molar-refractivity contribution < 1.29 is 18.0 Å². The van der Waals surface area contributed by atoms with Gasteiger partial charge >= 0.3 is 12.1 Å². The van der Waals surface area contributed by atoms with Gasteiger partial charge in [-0.15, -0.1) is 0 Å². The smallest absolute Gasteiger partial charge is 0.335 e. The average Bonchev–Trinajstić information content (AvgIpc) is 2.76. The Morgan fingerprint density at radius 2 is 1.95 bits per heavy atom. The molecule has 3 nitrogen and oxygen atoms in total. The van der Waals surface area contributed by atoms with Crippen molar-refractivity contribution in [2.45, 2.75) is 24.4 Å². The molecule has 0 unspecified atom stereocenters. The zero-order valence-electron chi connectivity index (χ0n) is 11.1. The third-order valence-corrected chi connectivity index (χ3v) is 4.83. The molecule has 1 saturated heterocycles. The molecule has 0 bridgehead atoms. The number of nitrogens with zero attached hydrogens (tertiary/aromatic N) is 2. The molecule has 0 saturated carbocycles. The highest BCUT2D eigenvalue weighted by atomic mass is 79.9. The molecule has 113 valence electrons. The highest BCUT2D eigenvalue weighted by Gasteiger charge is 2.48. The number of carbonyl (C=O) groups is 1. The zero-order valence-corrected chi connectivity index (χ0v) is 12.7. The van der Waals surface area contributed by atoms with Gasteiger partial charge in [0.2, 0.25) is 0 Å². The van der Waals surface area contributed by atoms with E-state index in [0.29, 0.717) is 19.4 Å². The fraction of sp³-hybridized carbons (Fsp3) is 0.500. The minimum Gasteiger partial charge on any atom is -0.335 e. The van der Waals surface area contributed by atoms with E-state index in [-0.39, 0.29) is 18.5 Å². The van der Waals surface area contributed by atoms with Crippen LogP contribution in [0.1, 0.15) is 18.4 Å². The third kappa shape index (κ3) is 2.52. The van der Waals surface area contributed by atoms with Crippen LogP contribution in [-0.4, -0.2) is 36.6 Å². The first kappa shape index (κ1) is 14.7. The normalized spacial score (nSPS) is 20.3. The van der Waals surface area contributed by atoms with Crippen LogP contribution in [0.2, 0.25) is 0 Å². The predicted molar refractivity (Wildman–Crippen MR) is 74.4 cm³/mol. The molecule has 2 aliphatic rings. The van der Waals surface area contributed by atoms with E-state index in [1.165, 1.54) is 0 Å². The van der Waals surface area contributed by atoms with E-state index in [0.717, 1.165) is 20.6 Å². The molecule has 1 fully saturated rings. The van der Waals surface area contributed by atoms with E-state index < -0.39 is 12.1 Å². The number of amides is 1. The van der Waals surface area contributed by atoms with E-state index in [4.69, 9.17) is 0 Å². The number of piperidine rings is 1. The molecule has 1 radical (unpaired) electrons. The van der Waals surface area contributed by atoms with Crippen LogP contribution in [0.25, 0.3) is 0 Å². The van der Waals surface area contributed by atoms with Gasteiger partial charge in [-0.05, 0) is 30.5 Å². The van der Waals surface area contributed by atoms with Gasteiger partial charge in [-0.3, -0.25) is 10.1 Å². The lowest BCUT2D eigenvalue weighted by atomic mass is 9.74. The summed E-state index contributed by atoms with van der Waals surface area (Å²) >= 11 is 3.39. The molecule has 1 aromatic carbocycles. The van der Waals surface area contributed by atoms with Gasteiger partial charge in [-0.1, -0.05) is 22.0 Å². The molecule has 3 rings (SSSR count). The number of alkyl halides is 3. The van der Waals surface area contributed by atoms with Gasteiger partial charge in [0, 0.05) is 29.5 Å². The molecule has 0 aliphatic carbocycles. The Morgan fingerprint density at radius 3 is 2.57 bits per heavy atom. The summed E-state index contributed by atoms with van der Waals surface area (Å²) in [6.45, 7) is 0.847. The largest absolute Gasteiger partial charge is 0.471 e. The van der Waals surface area contributed by atoms with Crippen molar-refractivity contribution >= 4 is 27.5 Å². The topological polar surface area (TPSA) is 34.4 Å². The Morgan fingerprint density at radius 1 is 1.29 bits per heavy atom. The van der Waals surface area contributed by atoms with Gasteiger partial charge in [-0.25, -0.2) is 0 Å².